The Kier molecular flexibility index (Phi) is 12.2. The van der Waals surface area contributed by atoms with Gasteiger partial charge in [0, 0.05) is 45.5 Å². The van der Waals surface area contributed by atoms with E-state index in [1.54, 1.807) is 23.3 Å². The van der Waals surface area contributed by atoms with Crippen molar-refractivity contribution in [3.05, 3.63) is 206 Å². The standard InChI is InChI=1S/C32H30N6O2.C27H22N6/c1-21(22-10-6-5-7-11-22)35-30-33-17-16-29(36-30)37-20-34-25-18-24(14-15-27(25)37)28-19-23-12-8-9-13-26(23)38(28)31(39)40-32(2,3)4;1-18(19-7-3-2-4-8-19)30-27-28-14-13-26(32-27)33-17-29-24-16-21(11-12-25(24)33)23-15-20-9-5-6-10-22(20)31-23/h5-21H,1-4H3,(H,33,35,36);2-18,31H,1H3,(H,28,30,32)/t21-;18-/m00/s1. The quantitative estimate of drug-likeness (QED) is 0.120. The molecule has 14 nitrogen and oxygen atoms in total. The van der Waals surface area contributed by atoms with Crippen molar-refractivity contribution in [2.24, 2.45) is 0 Å². The van der Waals surface area contributed by atoms with Crippen LogP contribution in [0.15, 0.2) is 195 Å². The lowest BCUT2D eigenvalue weighted by Gasteiger charge is -2.21. The van der Waals surface area contributed by atoms with Crippen LogP contribution in [-0.2, 0) is 4.74 Å². The second-order valence-corrected chi connectivity index (χ2v) is 18.8. The molecule has 0 aliphatic carbocycles. The molecule has 0 saturated heterocycles. The maximum Gasteiger partial charge on any atom is 0.419 e. The Hall–Kier alpha value is -9.43. The minimum atomic E-state index is -0.618. The molecule has 0 fully saturated rings. The minimum absolute atomic E-state index is 0.0512. The monoisotopic (exact) mass is 960 g/mol. The molecule has 6 aromatic carbocycles. The third kappa shape index (κ3) is 9.73. The average Bonchev–Trinajstić information content (AvgIpc) is 4.23. The second-order valence-electron chi connectivity index (χ2n) is 18.8. The average molecular weight is 961 g/mol. The highest BCUT2D eigenvalue weighted by atomic mass is 16.6. The molecule has 12 aromatic rings. The van der Waals surface area contributed by atoms with E-state index in [-0.39, 0.29) is 12.1 Å². The van der Waals surface area contributed by atoms with Crippen molar-refractivity contribution < 1.29 is 9.53 Å². The molecule has 6 aromatic heterocycles. The molecule has 14 heteroatoms. The summed E-state index contributed by atoms with van der Waals surface area (Å²) in [6.45, 7) is 9.78. The Morgan fingerprint density at radius 1 is 0.548 bits per heavy atom. The van der Waals surface area contributed by atoms with Gasteiger partial charge in [0.2, 0.25) is 11.9 Å². The second kappa shape index (κ2) is 19.4. The van der Waals surface area contributed by atoms with Gasteiger partial charge in [0.25, 0.3) is 0 Å². The third-order valence-electron chi connectivity index (χ3n) is 12.6. The van der Waals surface area contributed by atoms with Gasteiger partial charge in [0.15, 0.2) is 0 Å². The molecule has 0 unspecified atom stereocenters. The molecule has 3 N–H and O–H groups in total. The summed E-state index contributed by atoms with van der Waals surface area (Å²) >= 11 is 0. The molecule has 0 amide bonds. The molecule has 2 atom stereocenters. The van der Waals surface area contributed by atoms with E-state index in [9.17, 15) is 4.79 Å². The SMILES string of the molecule is C[C@H](Nc1nccc(-n2cnc3cc(-c4cc5ccccc5[nH]4)ccc32)n1)c1ccccc1.C[C@H](Nc1nccc(-n2cnc3cc(-c4cc5ccccc5n4C(=O)OC(C)(C)C)ccc32)n1)c1ccccc1. The fraction of sp³-hybridized carbons (Fsp3) is 0.136. The summed E-state index contributed by atoms with van der Waals surface area (Å²) in [6.07, 6.45) is 6.66. The fourth-order valence-corrected chi connectivity index (χ4v) is 8.96. The van der Waals surface area contributed by atoms with Crippen LogP contribution in [0.25, 0.3) is 78.0 Å². The van der Waals surface area contributed by atoms with Crippen LogP contribution < -0.4 is 10.6 Å². The number of hydrogen-bond acceptors (Lipinski definition) is 10. The molecule has 0 bridgehead atoms. The van der Waals surface area contributed by atoms with Gasteiger partial charge in [-0.25, -0.2) is 29.3 Å². The van der Waals surface area contributed by atoms with Gasteiger partial charge in [-0.1, -0.05) is 109 Å². The van der Waals surface area contributed by atoms with Crippen LogP contribution in [0.2, 0.25) is 0 Å². The molecule has 73 heavy (non-hydrogen) atoms. The van der Waals surface area contributed by atoms with E-state index < -0.39 is 11.7 Å². The Balaban J connectivity index is 0.000000160. The molecule has 0 spiro atoms. The van der Waals surface area contributed by atoms with Crippen molar-refractivity contribution >= 4 is 61.9 Å². The molecule has 6 heterocycles. The topological polar surface area (TPSA) is 158 Å². The first kappa shape index (κ1) is 46.0. The van der Waals surface area contributed by atoms with E-state index in [1.807, 2.05) is 139 Å². The van der Waals surface area contributed by atoms with Gasteiger partial charge in [-0.05, 0) is 106 Å². The zero-order valence-electron chi connectivity index (χ0n) is 41.0. The number of para-hydroxylation sites is 2. The Bertz CT molecular complexity index is 3870. The molecule has 0 aliphatic rings. The van der Waals surface area contributed by atoms with Crippen molar-refractivity contribution in [2.75, 3.05) is 10.6 Å². The van der Waals surface area contributed by atoms with Crippen molar-refractivity contribution in [2.45, 2.75) is 52.3 Å². The smallest absolute Gasteiger partial charge is 0.419 e. The van der Waals surface area contributed by atoms with Gasteiger partial charge < -0.3 is 20.4 Å². The lowest BCUT2D eigenvalue weighted by atomic mass is 10.1. The number of nitrogens with zero attached hydrogens (tertiary/aromatic N) is 9. The summed E-state index contributed by atoms with van der Waals surface area (Å²) in [5.41, 5.74) is 11.0. The molecular formula is C59H52N12O2. The Labute approximate surface area is 421 Å². The zero-order valence-corrected chi connectivity index (χ0v) is 41.0. The number of fused-ring (bicyclic) bond motifs is 4. The highest BCUT2D eigenvalue weighted by Gasteiger charge is 2.23. The summed E-state index contributed by atoms with van der Waals surface area (Å²) in [7, 11) is 0. The molecule has 0 radical (unpaired) electrons. The first-order valence-electron chi connectivity index (χ1n) is 24.2. The van der Waals surface area contributed by atoms with Crippen LogP contribution in [0.1, 0.15) is 57.8 Å². The minimum Gasteiger partial charge on any atom is -0.443 e. The fourth-order valence-electron chi connectivity index (χ4n) is 8.96. The number of nitrogens with one attached hydrogen (secondary N) is 3. The predicted molar refractivity (Wildman–Crippen MR) is 290 cm³/mol. The molecular weight excluding hydrogens is 909 g/mol. The van der Waals surface area contributed by atoms with Crippen molar-refractivity contribution in [1.29, 1.82) is 0 Å². The Morgan fingerprint density at radius 3 is 1.64 bits per heavy atom. The van der Waals surface area contributed by atoms with E-state index in [1.165, 1.54) is 10.9 Å². The third-order valence-corrected chi connectivity index (χ3v) is 12.6. The molecule has 360 valence electrons. The van der Waals surface area contributed by atoms with Gasteiger partial charge >= 0.3 is 6.09 Å². The van der Waals surface area contributed by atoms with E-state index in [4.69, 9.17) is 14.7 Å². The first-order chi connectivity index (χ1) is 35.5. The van der Waals surface area contributed by atoms with Crippen LogP contribution in [0, 0.1) is 0 Å². The maximum absolute atomic E-state index is 13.3. The number of rotatable bonds is 10. The number of carbonyl (C=O) groups is 1. The van der Waals surface area contributed by atoms with Crippen LogP contribution in [0.4, 0.5) is 16.7 Å². The number of H-pyrrole nitrogens is 1. The number of ether oxygens (including phenoxy) is 1. The summed E-state index contributed by atoms with van der Waals surface area (Å²) in [5.74, 6) is 2.60. The summed E-state index contributed by atoms with van der Waals surface area (Å²) in [5, 5.41) is 8.93. The zero-order chi connectivity index (χ0) is 50.1. The van der Waals surface area contributed by atoms with E-state index >= 15 is 0 Å². The van der Waals surface area contributed by atoms with Crippen LogP contribution >= 0.6 is 0 Å². The number of aromatic nitrogens is 10. The van der Waals surface area contributed by atoms with Gasteiger partial charge in [0.1, 0.15) is 29.9 Å². The highest BCUT2D eigenvalue weighted by molar-refractivity contribution is 5.97. The van der Waals surface area contributed by atoms with E-state index in [0.717, 1.165) is 72.4 Å². The first-order valence-corrected chi connectivity index (χ1v) is 24.2. The van der Waals surface area contributed by atoms with E-state index in [0.29, 0.717) is 17.7 Å². The number of anilines is 2. The van der Waals surface area contributed by atoms with Gasteiger partial charge in [-0.3, -0.25) is 9.13 Å². The molecule has 12 rings (SSSR count). The van der Waals surface area contributed by atoms with Crippen LogP contribution in [-0.4, -0.2) is 60.3 Å². The van der Waals surface area contributed by atoms with Crippen LogP contribution in [0.5, 0.6) is 0 Å². The van der Waals surface area contributed by atoms with Crippen molar-refractivity contribution in [1.82, 2.24) is 48.6 Å². The van der Waals surface area contributed by atoms with Gasteiger partial charge in [0.05, 0.1) is 45.4 Å². The number of carbonyl (C=O) groups excluding carboxylic acids is 1. The lowest BCUT2D eigenvalue weighted by molar-refractivity contribution is 0.0547. The summed E-state index contributed by atoms with van der Waals surface area (Å²) in [4.78, 5) is 44.4. The van der Waals surface area contributed by atoms with Crippen LogP contribution in [0.3, 0.4) is 0 Å². The van der Waals surface area contributed by atoms with E-state index in [2.05, 4.69) is 116 Å². The number of aromatic amines is 1. The summed E-state index contributed by atoms with van der Waals surface area (Å²) < 4.78 is 11.3. The predicted octanol–water partition coefficient (Wildman–Crippen LogP) is 13.5. The van der Waals surface area contributed by atoms with Gasteiger partial charge in [-0.15, -0.1) is 0 Å². The maximum atomic E-state index is 13.3. The normalized spacial score (nSPS) is 12.4. The largest absolute Gasteiger partial charge is 0.443 e. The number of hydrogen-bond donors (Lipinski definition) is 3. The van der Waals surface area contributed by atoms with Gasteiger partial charge in [-0.2, -0.15) is 9.97 Å². The molecule has 0 aliphatic heterocycles. The Morgan fingerprint density at radius 2 is 1.07 bits per heavy atom. The molecule has 0 saturated carbocycles. The summed E-state index contributed by atoms with van der Waals surface area (Å²) in [6, 6.07) is 56.9. The number of imidazole rings is 2. The highest BCUT2D eigenvalue weighted by Crippen LogP contribution is 2.33. The number of benzene rings is 6. The lowest BCUT2D eigenvalue weighted by Crippen LogP contribution is -2.27. The van der Waals surface area contributed by atoms with Crippen molar-refractivity contribution in [3.8, 4) is 34.2 Å². The van der Waals surface area contributed by atoms with Crippen molar-refractivity contribution in [3.63, 3.8) is 0 Å².